The molecule has 0 saturated heterocycles. The Hall–Kier alpha value is -0.860. The van der Waals surface area contributed by atoms with Crippen LogP contribution in [0.4, 0.5) is 0 Å². The van der Waals surface area contributed by atoms with E-state index in [2.05, 4.69) is 57.3 Å². The van der Waals surface area contributed by atoms with Gasteiger partial charge in [0.15, 0.2) is 0 Å². The Morgan fingerprint density at radius 2 is 1.65 bits per heavy atom. The average Bonchev–Trinajstić information content (AvgIpc) is 2.39. The van der Waals surface area contributed by atoms with E-state index in [4.69, 9.17) is 4.74 Å². The summed E-state index contributed by atoms with van der Waals surface area (Å²) in [7, 11) is 0. The van der Waals surface area contributed by atoms with Crippen LogP contribution in [0, 0.1) is 5.92 Å². The van der Waals surface area contributed by atoms with Gasteiger partial charge >= 0.3 is 0 Å². The number of rotatable bonds is 10. The minimum absolute atomic E-state index is 0.563. The van der Waals surface area contributed by atoms with E-state index in [0.717, 1.165) is 38.5 Å². The molecule has 2 nitrogen and oxygen atoms in total. The second-order valence-electron chi connectivity index (χ2n) is 6.26. The van der Waals surface area contributed by atoms with Gasteiger partial charge in [-0.05, 0) is 42.9 Å². The van der Waals surface area contributed by atoms with Crippen LogP contribution in [0.3, 0.4) is 0 Å². The quantitative estimate of drug-likeness (QED) is 0.648. The molecule has 0 saturated carbocycles. The van der Waals surface area contributed by atoms with Crippen LogP contribution >= 0.6 is 0 Å². The van der Waals surface area contributed by atoms with Gasteiger partial charge in [-0.3, -0.25) is 0 Å². The first-order chi connectivity index (χ1) is 9.58. The molecule has 0 atom stereocenters. The predicted molar refractivity (Wildman–Crippen MR) is 87.0 cm³/mol. The summed E-state index contributed by atoms with van der Waals surface area (Å²) in [6, 6.07) is 9.37. The molecule has 1 aromatic rings. The van der Waals surface area contributed by atoms with Gasteiger partial charge in [-0.1, -0.05) is 52.0 Å². The monoisotopic (exact) mass is 277 g/mol. The molecule has 2 heteroatoms. The highest BCUT2D eigenvalue weighted by molar-refractivity contribution is 5.22. The molecule has 1 aromatic carbocycles. The molecule has 1 rings (SSSR count). The van der Waals surface area contributed by atoms with Crippen LogP contribution in [0.5, 0.6) is 0 Å². The largest absolute Gasteiger partial charge is 0.377 e. The van der Waals surface area contributed by atoms with Crippen LogP contribution < -0.4 is 5.32 Å². The van der Waals surface area contributed by atoms with E-state index < -0.39 is 0 Å². The van der Waals surface area contributed by atoms with E-state index >= 15 is 0 Å². The lowest BCUT2D eigenvalue weighted by molar-refractivity contribution is 0.115. The van der Waals surface area contributed by atoms with Crippen molar-refractivity contribution in [3.8, 4) is 0 Å². The van der Waals surface area contributed by atoms with Crippen LogP contribution in [0.15, 0.2) is 24.3 Å². The molecular weight excluding hydrogens is 246 g/mol. The van der Waals surface area contributed by atoms with Gasteiger partial charge in [0.2, 0.25) is 0 Å². The van der Waals surface area contributed by atoms with Crippen molar-refractivity contribution in [3.63, 3.8) is 0 Å². The fourth-order valence-corrected chi connectivity index (χ4v) is 2.09. The van der Waals surface area contributed by atoms with Crippen LogP contribution in [-0.2, 0) is 17.8 Å². The molecule has 0 aromatic heterocycles. The molecule has 0 aliphatic heterocycles. The van der Waals surface area contributed by atoms with E-state index in [0.29, 0.717) is 6.04 Å². The van der Waals surface area contributed by atoms with E-state index in [1.807, 2.05) is 0 Å². The fraction of sp³-hybridized carbons (Fsp3) is 0.667. The first-order valence-corrected chi connectivity index (χ1v) is 7.97. The molecule has 0 fully saturated rings. The van der Waals surface area contributed by atoms with E-state index in [1.54, 1.807) is 0 Å². The van der Waals surface area contributed by atoms with Gasteiger partial charge < -0.3 is 10.1 Å². The van der Waals surface area contributed by atoms with Crippen LogP contribution in [0.1, 0.15) is 51.7 Å². The first-order valence-electron chi connectivity index (χ1n) is 7.97. The normalized spacial score (nSPS) is 11.5. The van der Waals surface area contributed by atoms with Gasteiger partial charge in [0.05, 0.1) is 6.61 Å². The van der Waals surface area contributed by atoms with Crippen molar-refractivity contribution in [1.29, 1.82) is 0 Å². The van der Waals surface area contributed by atoms with Crippen molar-refractivity contribution >= 4 is 0 Å². The molecule has 20 heavy (non-hydrogen) atoms. The zero-order valence-electron chi connectivity index (χ0n) is 13.6. The lowest BCUT2D eigenvalue weighted by atomic mass is 10.1. The van der Waals surface area contributed by atoms with Crippen LogP contribution in [-0.4, -0.2) is 19.2 Å². The number of hydrogen-bond acceptors (Lipinski definition) is 2. The zero-order valence-corrected chi connectivity index (χ0v) is 13.6. The molecule has 0 radical (unpaired) electrons. The number of ether oxygens (including phenoxy) is 1. The topological polar surface area (TPSA) is 21.3 Å². The minimum Gasteiger partial charge on any atom is -0.377 e. The summed E-state index contributed by atoms with van der Waals surface area (Å²) in [6.07, 6.45) is 3.51. The lowest BCUT2D eigenvalue weighted by Gasteiger charge is -2.09. The molecule has 114 valence electrons. The van der Waals surface area contributed by atoms with E-state index in [9.17, 15) is 0 Å². The van der Waals surface area contributed by atoms with Gasteiger partial charge in [0.25, 0.3) is 0 Å². The van der Waals surface area contributed by atoms with E-state index in [1.165, 1.54) is 17.5 Å². The number of hydrogen-bond donors (Lipinski definition) is 1. The molecular formula is C18H31NO. The van der Waals surface area contributed by atoms with Gasteiger partial charge in [-0.2, -0.15) is 0 Å². The van der Waals surface area contributed by atoms with Crippen molar-refractivity contribution in [2.45, 2.75) is 59.6 Å². The maximum atomic E-state index is 5.71. The highest BCUT2D eigenvalue weighted by atomic mass is 16.5. The summed E-state index contributed by atoms with van der Waals surface area (Å²) in [6.45, 7) is 11.5. The predicted octanol–water partition coefficient (Wildman–Crippen LogP) is 4.18. The maximum Gasteiger partial charge on any atom is 0.0716 e. The van der Waals surface area contributed by atoms with Gasteiger partial charge in [0, 0.05) is 12.6 Å². The summed E-state index contributed by atoms with van der Waals surface area (Å²) < 4.78 is 5.71. The Morgan fingerprint density at radius 3 is 2.25 bits per heavy atom. The number of benzene rings is 1. The van der Waals surface area contributed by atoms with Crippen LogP contribution in [0.2, 0.25) is 0 Å². The average molecular weight is 277 g/mol. The third-order valence-corrected chi connectivity index (χ3v) is 3.33. The van der Waals surface area contributed by atoms with Gasteiger partial charge in [-0.25, -0.2) is 0 Å². The zero-order chi connectivity index (χ0) is 14.8. The second kappa shape index (κ2) is 9.95. The Bertz CT molecular complexity index is 343. The fourth-order valence-electron chi connectivity index (χ4n) is 2.09. The van der Waals surface area contributed by atoms with E-state index in [-0.39, 0.29) is 0 Å². The first kappa shape index (κ1) is 17.2. The molecule has 0 bridgehead atoms. The molecule has 1 N–H and O–H groups in total. The lowest BCUT2D eigenvalue weighted by Crippen LogP contribution is -2.24. The minimum atomic E-state index is 0.563. The smallest absolute Gasteiger partial charge is 0.0716 e. The molecule has 0 aliphatic carbocycles. The Kier molecular flexibility index (Phi) is 8.56. The molecule has 0 spiro atoms. The Morgan fingerprint density at radius 1 is 1.00 bits per heavy atom. The molecule has 0 heterocycles. The van der Waals surface area contributed by atoms with Gasteiger partial charge in [-0.15, -0.1) is 0 Å². The van der Waals surface area contributed by atoms with Crippen molar-refractivity contribution in [1.82, 2.24) is 5.32 Å². The van der Waals surface area contributed by atoms with Crippen molar-refractivity contribution < 1.29 is 4.74 Å². The summed E-state index contributed by atoms with van der Waals surface area (Å²) >= 11 is 0. The summed E-state index contributed by atoms with van der Waals surface area (Å²) in [5, 5.41) is 3.44. The maximum absolute atomic E-state index is 5.71. The highest BCUT2D eigenvalue weighted by Gasteiger charge is 1.98. The molecule has 0 unspecified atom stereocenters. The standard InChI is InChI=1S/C18H31NO/c1-15(2)6-5-13-20-14-18-9-7-17(8-10-18)11-12-19-16(3)4/h7-10,15-16,19H,5-6,11-14H2,1-4H3. The van der Waals surface area contributed by atoms with Crippen molar-refractivity contribution in [3.05, 3.63) is 35.4 Å². The Balaban J connectivity index is 2.18. The van der Waals surface area contributed by atoms with Crippen LogP contribution in [0.25, 0.3) is 0 Å². The van der Waals surface area contributed by atoms with Crippen molar-refractivity contribution in [2.75, 3.05) is 13.2 Å². The second-order valence-corrected chi connectivity index (χ2v) is 6.26. The summed E-state index contributed by atoms with van der Waals surface area (Å²) in [5.41, 5.74) is 2.66. The summed E-state index contributed by atoms with van der Waals surface area (Å²) in [4.78, 5) is 0. The summed E-state index contributed by atoms with van der Waals surface area (Å²) in [5.74, 6) is 0.775. The highest BCUT2D eigenvalue weighted by Crippen LogP contribution is 2.08. The number of nitrogens with one attached hydrogen (secondary N) is 1. The Labute approximate surface area is 124 Å². The third kappa shape index (κ3) is 8.34. The van der Waals surface area contributed by atoms with Crippen molar-refractivity contribution in [2.24, 2.45) is 5.92 Å². The third-order valence-electron chi connectivity index (χ3n) is 3.33. The van der Waals surface area contributed by atoms with Gasteiger partial charge in [0.1, 0.15) is 0 Å². The SMILES string of the molecule is CC(C)CCCOCc1ccc(CCNC(C)C)cc1. The molecule has 0 aliphatic rings. The molecule has 0 amide bonds.